The molecule has 6 nitrogen and oxygen atoms in total. The predicted octanol–water partition coefficient (Wildman–Crippen LogP) is 2.64. The molecule has 2 rings (SSSR count). The van der Waals surface area contributed by atoms with Crippen LogP contribution < -0.4 is 10.6 Å². The highest BCUT2D eigenvalue weighted by Crippen LogP contribution is 2.21. The van der Waals surface area contributed by atoms with Gasteiger partial charge in [0.25, 0.3) is 0 Å². The zero-order chi connectivity index (χ0) is 19.2. The minimum absolute atomic E-state index is 0.688. The minimum atomic E-state index is 0.688. The summed E-state index contributed by atoms with van der Waals surface area (Å²) in [4.78, 5) is 6.86. The molecule has 2 aliphatic rings. The highest BCUT2D eigenvalue weighted by atomic mass is 16.5. The lowest BCUT2D eigenvalue weighted by molar-refractivity contribution is 0.0203. The minimum Gasteiger partial charge on any atom is -0.381 e. The van der Waals surface area contributed by atoms with Gasteiger partial charge in [-0.1, -0.05) is 19.3 Å². The fourth-order valence-electron chi connectivity index (χ4n) is 4.00. The molecule has 0 aromatic heterocycles. The van der Waals surface area contributed by atoms with E-state index in [1.807, 2.05) is 7.05 Å². The zero-order valence-corrected chi connectivity index (χ0v) is 17.7. The standard InChI is InChI=1S/C21H42N4O2/c1-22-21(23-12-6-14-25(2)20-8-4-3-5-9-20)24-13-7-15-27-18-19-10-16-26-17-11-19/h19-20H,3-18H2,1-2H3,(H2,22,23,24). The third-order valence-electron chi connectivity index (χ3n) is 5.85. The van der Waals surface area contributed by atoms with E-state index >= 15 is 0 Å². The summed E-state index contributed by atoms with van der Waals surface area (Å²) in [6.07, 6.45) is 11.4. The number of nitrogens with zero attached hydrogens (tertiary/aromatic N) is 2. The third kappa shape index (κ3) is 9.77. The van der Waals surface area contributed by atoms with E-state index < -0.39 is 0 Å². The molecular weight excluding hydrogens is 340 g/mol. The summed E-state index contributed by atoms with van der Waals surface area (Å²) >= 11 is 0. The topological polar surface area (TPSA) is 58.1 Å². The van der Waals surface area contributed by atoms with Gasteiger partial charge in [-0.25, -0.2) is 0 Å². The molecule has 0 bridgehead atoms. The quantitative estimate of drug-likeness (QED) is 0.327. The first-order chi connectivity index (χ1) is 13.3. The number of hydrogen-bond donors (Lipinski definition) is 2. The van der Waals surface area contributed by atoms with Crippen LogP contribution in [0.2, 0.25) is 0 Å². The molecule has 27 heavy (non-hydrogen) atoms. The summed E-state index contributed by atoms with van der Waals surface area (Å²) in [5, 5.41) is 6.81. The molecule has 2 fully saturated rings. The van der Waals surface area contributed by atoms with Gasteiger partial charge in [-0.05, 0) is 58.0 Å². The molecule has 6 heteroatoms. The lowest BCUT2D eigenvalue weighted by Gasteiger charge is -2.31. The summed E-state index contributed by atoms with van der Waals surface area (Å²) < 4.78 is 11.2. The number of guanidine groups is 1. The largest absolute Gasteiger partial charge is 0.381 e. The van der Waals surface area contributed by atoms with E-state index in [1.54, 1.807) is 0 Å². The van der Waals surface area contributed by atoms with Gasteiger partial charge in [0, 0.05) is 52.6 Å². The molecule has 0 aromatic carbocycles. The second-order valence-corrected chi connectivity index (χ2v) is 8.04. The Kier molecular flexibility index (Phi) is 11.8. The van der Waals surface area contributed by atoms with Crippen molar-refractivity contribution in [3.8, 4) is 0 Å². The Morgan fingerprint density at radius 2 is 1.74 bits per heavy atom. The van der Waals surface area contributed by atoms with Crippen LogP contribution in [0.1, 0.15) is 57.8 Å². The summed E-state index contributed by atoms with van der Waals surface area (Å²) in [5.74, 6) is 1.59. The van der Waals surface area contributed by atoms with Crippen molar-refractivity contribution < 1.29 is 9.47 Å². The van der Waals surface area contributed by atoms with Gasteiger partial charge in [-0.2, -0.15) is 0 Å². The average Bonchev–Trinajstić information content (AvgIpc) is 2.73. The maximum atomic E-state index is 5.81. The van der Waals surface area contributed by atoms with Crippen molar-refractivity contribution in [3.05, 3.63) is 0 Å². The van der Waals surface area contributed by atoms with Gasteiger partial charge in [0.05, 0.1) is 0 Å². The van der Waals surface area contributed by atoms with Crippen LogP contribution >= 0.6 is 0 Å². The first-order valence-corrected chi connectivity index (χ1v) is 11.1. The number of rotatable bonds is 11. The molecule has 158 valence electrons. The number of ether oxygens (including phenoxy) is 2. The molecule has 1 saturated carbocycles. The first kappa shape index (κ1) is 22.4. The summed E-state index contributed by atoms with van der Waals surface area (Å²) in [5.41, 5.74) is 0. The molecule has 0 radical (unpaired) electrons. The van der Waals surface area contributed by atoms with E-state index in [-0.39, 0.29) is 0 Å². The molecular formula is C21H42N4O2. The van der Waals surface area contributed by atoms with Gasteiger partial charge in [-0.15, -0.1) is 0 Å². The van der Waals surface area contributed by atoms with E-state index in [0.29, 0.717) is 5.92 Å². The molecule has 1 saturated heterocycles. The van der Waals surface area contributed by atoms with Gasteiger partial charge in [0.15, 0.2) is 5.96 Å². The Balaban J connectivity index is 1.43. The van der Waals surface area contributed by atoms with Crippen LogP contribution in [-0.4, -0.2) is 77.1 Å². The van der Waals surface area contributed by atoms with Crippen molar-refractivity contribution in [1.29, 1.82) is 0 Å². The molecule has 0 aromatic rings. The van der Waals surface area contributed by atoms with Gasteiger partial charge < -0.3 is 25.0 Å². The molecule has 2 N–H and O–H groups in total. The van der Waals surface area contributed by atoms with Crippen LogP contribution in [0.25, 0.3) is 0 Å². The van der Waals surface area contributed by atoms with Gasteiger partial charge in [-0.3, -0.25) is 4.99 Å². The van der Waals surface area contributed by atoms with Gasteiger partial charge in [0.1, 0.15) is 0 Å². The van der Waals surface area contributed by atoms with Crippen molar-refractivity contribution in [3.63, 3.8) is 0 Å². The molecule has 1 aliphatic carbocycles. The third-order valence-corrected chi connectivity index (χ3v) is 5.85. The zero-order valence-electron chi connectivity index (χ0n) is 17.7. The van der Waals surface area contributed by atoms with Crippen molar-refractivity contribution >= 4 is 5.96 Å². The number of aliphatic imine (C=N–C) groups is 1. The van der Waals surface area contributed by atoms with E-state index in [9.17, 15) is 0 Å². The van der Waals surface area contributed by atoms with Crippen LogP contribution in [0.15, 0.2) is 4.99 Å². The molecule has 0 spiro atoms. The van der Waals surface area contributed by atoms with Crippen molar-refractivity contribution in [2.45, 2.75) is 63.8 Å². The van der Waals surface area contributed by atoms with Crippen molar-refractivity contribution in [1.82, 2.24) is 15.5 Å². The fourth-order valence-corrected chi connectivity index (χ4v) is 4.00. The summed E-state index contributed by atoms with van der Waals surface area (Å²) in [7, 11) is 4.12. The SMILES string of the molecule is CN=C(NCCCOCC1CCOCC1)NCCCN(C)C1CCCCC1. The number of nitrogens with one attached hydrogen (secondary N) is 2. The van der Waals surface area contributed by atoms with Gasteiger partial charge in [0.2, 0.25) is 0 Å². The van der Waals surface area contributed by atoms with E-state index in [4.69, 9.17) is 9.47 Å². The maximum Gasteiger partial charge on any atom is 0.190 e. The highest BCUT2D eigenvalue weighted by Gasteiger charge is 2.17. The van der Waals surface area contributed by atoms with E-state index in [1.165, 1.54) is 32.1 Å². The van der Waals surface area contributed by atoms with Crippen LogP contribution in [0.3, 0.4) is 0 Å². The molecule has 1 aliphatic heterocycles. The Morgan fingerprint density at radius 1 is 1.04 bits per heavy atom. The van der Waals surface area contributed by atoms with Crippen molar-refractivity contribution in [2.24, 2.45) is 10.9 Å². The normalized spacial score (nSPS) is 20.2. The van der Waals surface area contributed by atoms with E-state index in [0.717, 1.165) is 83.7 Å². The summed E-state index contributed by atoms with van der Waals surface area (Å²) in [6.45, 7) is 6.52. The first-order valence-electron chi connectivity index (χ1n) is 11.1. The van der Waals surface area contributed by atoms with Crippen molar-refractivity contribution in [2.75, 3.05) is 60.2 Å². The highest BCUT2D eigenvalue weighted by molar-refractivity contribution is 5.79. The smallest absolute Gasteiger partial charge is 0.190 e. The second kappa shape index (κ2) is 14.2. The lowest BCUT2D eigenvalue weighted by atomic mass is 9.94. The monoisotopic (exact) mass is 382 g/mol. The lowest BCUT2D eigenvalue weighted by Crippen LogP contribution is -2.40. The Bertz CT molecular complexity index is 394. The summed E-state index contributed by atoms with van der Waals surface area (Å²) in [6, 6.07) is 0.803. The Morgan fingerprint density at radius 3 is 2.44 bits per heavy atom. The molecule has 0 atom stereocenters. The van der Waals surface area contributed by atoms with Gasteiger partial charge >= 0.3 is 0 Å². The number of hydrogen-bond acceptors (Lipinski definition) is 4. The average molecular weight is 383 g/mol. The van der Waals surface area contributed by atoms with E-state index in [2.05, 4.69) is 27.6 Å². The van der Waals surface area contributed by atoms with Crippen LogP contribution in [-0.2, 0) is 9.47 Å². The maximum absolute atomic E-state index is 5.81. The van der Waals surface area contributed by atoms with Crippen LogP contribution in [0.4, 0.5) is 0 Å². The molecule has 0 unspecified atom stereocenters. The van der Waals surface area contributed by atoms with Crippen LogP contribution in [0, 0.1) is 5.92 Å². The Labute approximate surface area is 166 Å². The molecule has 0 amide bonds. The molecule has 1 heterocycles. The predicted molar refractivity (Wildman–Crippen MR) is 112 cm³/mol. The Hall–Kier alpha value is -0.850. The fraction of sp³-hybridized carbons (Fsp3) is 0.952. The van der Waals surface area contributed by atoms with Crippen LogP contribution in [0.5, 0.6) is 0 Å². The second-order valence-electron chi connectivity index (χ2n) is 8.04.